The molecule has 0 atom stereocenters. The fourth-order valence-corrected chi connectivity index (χ4v) is 2.40. The molecule has 0 aromatic carbocycles. The summed E-state index contributed by atoms with van der Waals surface area (Å²) in [5, 5.41) is 11.6. The number of unbranched alkanes of at least 4 members (excludes halogenated alkanes) is 1. The highest BCUT2D eigenvalue weighted by atomic mass is 32.2. The van der Waals surface area contributed by atoms with Crippen LogP contribution in [0.3, 0.4) is 0 Å². The number of aromatic nitrogens is 2. The minimum Gasteiger partial charge on any atom is -0.387 e. The summed E-state index contributed by atoms with van der Waals surface area (Å²) in [5.41, 5.74) is 5.39. The summed E-state index contributed by atoms with van der Waals surface area (Å²) >= 11 is 1.83. The van der Waals surface area contributed by atoms with Crippen molar-refractivity contribution in [3.63, 3.8) is 0 Å². The van der Waals surface area contributed by atoms with Gasteiger partial charge in [-0.3, -0.25) is 10.1 Å². The van der Waals surface area contributed by atoms with Crippen LogP contribution in [-0.4, -0.2) is 21.4 Å². The van der Waals surface area contributed by atoms with Crippen molar-refractivity contribution in [3.05, 3.63) is 12.4 Å². The van der Waals surface area contributed by atoms with Crippen molar-refractivity contribution in [1.82, 2.24) is 9.78 Å². The third-order valence-electron chi connectivity index (χ3n) is 2.88. The zero-order valence-electron chi connectivity index (χ0n) is 10.9. The smallest absolute Gasteiger partial charge is 0.0963 e. The topological polar surface area (TPSA) is 67.7 Å². The van der Waals surface area contributed by atoms with Crippen LogP contribution in [-0.2, 0) is 7.05 Å². The zero-order chi connectivity index (χ0) is 12.9. The molecule has 0 aliphatic heterocycles. The van der Waals surface area contributed by atoms with Crippen LogP contribution in [0.1, 0.15) is 33.1 Å². The number of thioether (sulfide) groups is 1. The van der Waals surface area contributed by atoms with Crippen molar-refractivity contribution in [2.24, 2.45) is 18.2 Å². The lowest BCUT2D eigenvalue weighted by atomic mass is 9.86. The van der Waals surface area contributed by atoms with Gasteiger partial charge in [0.25, 0.3) is 0 Å². The summed E-state index contributed by atoms with van der Waals surface area (Å²) in [4.78, 5) is 1.22. The maximum atomic E-state index is 7.48. The van der Waals surface area contributed by atoms with Gasteiger partial charge < -0.3 is 5.73 Å². The van der Waals surface area contributed by atoms with E-state index in [-0.39, 0.29) is 11.3 Å². The Hall–Kier alpha value is -0.970. The van der Waals surface area contributed by atoms with Crippen LogP contribution in [0.5, 0.6) is 0 Å². The minimum absolute atomic E-state index is 0.154. The zero-order valence-corrected chi connectivity index (χ0v) is 11.7. The summed E-state index contributed by atoms with van der Waals surface area (Å²) in [5.74, 6) is 1.39. The second-order valence-electron chi connectivity index (χ2n) is 4.95. The van der Waals surface area contributed by atoms with Crippen LogP contribution in [0.15, 0.2) is 17.3 Å². The van der Waals surface area contributed by atoms with E-state index in [4.69, 9.17) is 11.1 Å². The Kier molecular flexibility index (Phi) is 5.05. The summed E-state index contributed by atoms with van der Waals surface area (Å²) in [6, 6.07) is 0. The Bertz CT molecular complexity index is 370. The molecular weight excluding hydrogens is 232 g/mol. The second-order valence-corrected chi connectivity index (χ2v) is 6.12. The number of nitrogens with two attached hydrogens (primary N) is 1. The van der Waals surface area contributed by atoms with E-state index >= 15 is 0 Å². The van der Waals surface area contributed by atoms with Gasteiger partial charge in [0.1, 0.15) is 0 Å². The molecule has 1 heterocycles. The predicted octanol–water partition coefficient (Wildman–Crippen LogP) is 2.64. The summed E-state index contributed by atoms with van der Waals surface area (Å²) in [7, 11) is 1.93. The molecule has 0 fully saturated rings. The van der Waals surface area contributed by atoms with Gasteiger partial charge in [0, 0.05) is 23.6 Å². The maximum absolute atomic E-state index is 7.48. The molecule has 0 aliphatic carbocycles. The van der Waals surface area contributed by atoms with E-state index < -0.39 is 0 Å². The lowest BCUT2D eigenvalue weighted by molar-refractivity contribution is 0.448. The highest BCUT2D eigenvalue weighted by molar-refractivity contribution is 7.99. The molecule has 0 bridgehead atoms. The normalized spacial score (nSPS) is 11.7. The Morgan fingerprint density at radius 3 is 2.76 bits per heavy atom. The number of hydrogen-bond acceptors (Lipinski definition) is 3. The predicted molar refractivity (Wildman–Crippen MR) is 73.5 cm³/mol. The van der Waals surface area contributed by atoms with Crippen LogP contribution in [0.4, 0.5) is 0 Å². The average molecular weight is 254 g/mol. The molecule has 5 heteroatoms. The van der Waals surface area contributed by atoms with E-state index in [1.54, 1.807) is 0 Å². The van der Waals surface area contributed by atoms with Crippen LogP contribution in [0.25, 0.3) is 0 Å². The molecule has 17 heavy (non-hydrogen) atoms. The number of nitrogens with one attached hydrogen (secondary N) is 1. The molecule has 1 aromatic rings. The molecular formula is C12H22N4S. The highest BCUT2D eigenvalue weighted by Crippen LogP contribution is 2.24. The van der Waals surface area contributed by atoms with Gasteiger partial charge in [-0.15, -0.1) is 11.8 Å². The molecule has 3 N–H and O–H groups in total. The van der Waals surface area contributed by atoms with Crippen molar-refractivity contribution in [3.8, 4) is 0 Å². The van der Waals surface area contributed by atoms with Gasteiger partial charge >= 0.3 is 0 Å². The lowest BCUT2D eigenvalue weighted by Crippen LogP contribution is -2.30. The van der Waals surface area contributed by atoms with Crippen LogP contribution in [0, 0.1) is 10.8 Å². The van der Waals surface area contributed by atoms with Gasteiger partial charge in [0.15, 0.2) is 0 Å². The quantitative estimate of drug-likeness (QED) is 0.340. The van der Waals surface area contributed by atoms with Crippen molar-refractivity contribution in [2.75, 3.05) is 5.75 Å². The first kappa shape index (κ1) is 14.1. The number of aryl methyl sites for hydroxylation is 1. The van der Waals surface area contributed by atoms with Gasteiger partial charge in [0.2, 0.25) is 0 Å². The molecule has 0 radical (unpaired) electrons. The fourth-order valence-electron chi connectivity index (χ4n) is 1.47. The van der Waals surface area contributed by atoms with Gasteiger partial charge in [-0.1, -0.05) is 20.3 Å². The largest absolute Gasteiger partial charge is 0.387 e. The molecule has 4 nitrogen and oxygen atoms in total. The molecule has 1 aromatic heterocycles. The van der Waals surface area contributed by atoms with E-state index in [9.17, 15) is 0 Å². The van der Waals surface area contributed by atoms with Gasteiger partial charge in [-0.25, -0.2) is 0 Å². The van der Waals surface area contributed by atoms with Gasteiger partial charge in [-0.05, 0) is 18.6 Å². The minimum atomic E-state index is -0.154. The Morgan fingerprint density at radius 1 is 1.53 bits per heavy atom. The van der Waals surface area contributed by atoms with E-state index in [1.807, 2.05) is 49.7 Å². The molecule has 96 valence electrons. The van der Waals surface area contributed by atoms with Crippen LogP contribution >= 0.6 is 11.8 Å². The third kappa shape index (κ3) is 4.81. The van der Waals surface area contributed by atoms with E-state index in [0.717, 1.165) is 25.0 Å². The lowest BCUT2D eigenvalue weighted by Gasteiger charge is -2.22. The van der Waals surface area contributed by atoms with Crippen molar-refractivity contribution >= 4 is 17.6 Å². The molecule has 0 spiro atoms. The van der Waals surface area contributed by atoms with E-state index in [1.165, 1.54) is 4.90 Å². The third-order valence-corrected chi connectivity index (χ3v) is 3.91. The fraction of sp³-hybridized carbons (Fsp3) is 0.667. The molecule has 0 amide bonds. The summed E-state index contributed by atoms with van der Waals surface area (Å²) < 4.78 is 1.82. The van der Waals surface area contributed by atoms with Crippen molar-refractivity contribution in [2.45, 2.75) is 38.0 Å². The van der Waals surface area contributed by atoms with E-state index in [0.29, 0.717) is 0 Å². The Labute approximate surface area is 107 Å². The number of hydrogen-bond donors (Lipinski definition) is 2. The van der Waals surface area contributed by atoms with E-state index in [2.05, 4.69) is 5.10 Å². The van der Waals surface area contributed by atoms with Crippen molar-refractivity contribution < 1.29 is 0 Å². The van der Waals surface area contributed by atoms with Gasteiger partial charge in [-0.2, -0.15) is 5.10 Å². The van der Waals surface area contributed by atoms with Gasteiger partial charge in [0.05, 0.1) is 12.0 Å². The molecule has 0 unspecified atom stereocenters. The first-order valence-electron chi connectivity index (χ1n) is 5.88. The summed E-state index contributed by atoms with van der Waals surface area (Å²) in [6.45, 7) is 4.06. The first-order valence-corrected chi connectivity index (χ1v) is 6.86. The van der Waals surface area contributed by atoms with Crippen molar-refractivity contribution in [1.29, 1.82) is 5.41 Å². The maximum Gasteiger partial charge on any atom is 0.0963 e. The number of amidine groups is 1. The number of rotatable bonds is 7. The molecule has 0 saturated carbocycles. The highest BCUT2D eigenvalue weighted by Gasteiger charge is 2.20. The first-order chi connectivity index (χ1) is 7.92. The SMILES string of the molecule is Cn1cc(SCCCCC(C)(C)C(=N)N)cn1. The molecule has 0 saturated heterocycles. The van der Waals surface area contributed by atoms with Crippen LogP contribution < -0.4 is 5.73 Å². The molecule has 1 rings (SSSR count). The molecule has 0 aliphatic rings. The Balaban J connectivity index is 2.15. The number of nitrogens with zero attached hydrogens (tertiary/aromatic N) is 2. The Morgan fingerprint density at radius 2 is 2.24 bits per heavy atom. The summed E-state index contributed by atoms with van der Waals surface area (Å²) in [6.07, 6.45) is 7.17. The monoisotopic (exact) mass is 254 g/mol. The standard InChI is InChI=1S/C12H22N4S/c1-12(2,11(13)14)6-4-5-7-17-10-8-15-16(3)9-10/h8-9H,4-7H2,1-3H3,(H3,13,14). The second kappa shape index (κ2) is 6.10. The average Bonchev–Trinajstić information content (AvgIpc) is 2.63. The van der Waals surface area contributed by atoms with Crippen LogP contribution in [0.2, 0.25) is 0 Å².